The molecule has 1 fully saturated rings. The molecule has 0 aromatic heterocycles. The second-order valence-electron chi connectivity index (χ2n) is 9.36. The van der Waals surface area contributed by atoms with Crippen LogP contribution in [0.25, 0.3) is 32.7 Å². The van der Waals surface area contributed by atoms with Crippen LogP contribution in [0, 0.1) is 35.1 Å². The van der Waals surface area contributed by atoms with Crippen LogP contribution in [0.15, 0.2) is 48.5 Å². The molecule has 0 spiro atoms. The van der Waals surface area contributed by atoms with Crippen molar-refractivity contribution in [3.8, 4) is 23.0 Å². The fraction of sp³-hybridized carbons (Fsp3) is 0.267. The number of fused-ring (bicyclic) bond motifs is 2. The van der Waals surface area contributed by atoms with Crippen molar-refractivity contribution in [1.82, 2.24) is 0 Å². The van der Waals surface area contributed by atoms with Gasteiger partial charge in [-0.05, 0) is 72.2 Å². The molecule has 1 atom stereocenters. The molecule has 4 aromatic rings. The molecule has 5 rings (SSSR count). The van der Waals surface area contributed by atoms with Crippen molar-refractivity contribution in [1.29, 1.82) is 0 Å². The van der Waals surface area contributed by atoms with E-state index in [9.17, 15) is 22.0 Å². The molecule has 1 nitrogen and oxygen atoms in total. The standard InChI is InChI=1S/C30H21F7O/c31-25-15-20-14-18(6-9-22(20)28(33)24(25)10-11-30(35,36)37)27-26(32)16-19-13-17(5-8-23(19)29(27)34)4-7-21-3-1-2-12-38-21/h5-6,8-9,13-16,21H,1-4,7,12H2. The second kappa shape index (κ2) is 10.3. The summed E-state index contributed by atoms with van der Waals surface area (Å²) < 4.78 is 103. The van der Waals surface area contributed by atoms with E-state index in [2.05, 4.69) is 0 Å². The molecule has 1 aliphatic heterocycles. The van der Waals surface area contributed by atoms with Crippen molar-refractivity contribution >= 4 is 21.5 Å². The number of benzene rings is 4. The summed E-state index contributed by atoms with van der Waals surface area (Å²) in [5.41, 5.74) is -0.443. The summed E-state index contributed by atoms with van der Waals surface area (Å²) in [7, 11) is 0. The van der Waals surface area contributed by atoms with Gasteiger partial charge in [0.2, 0.25) is 0 Å². The van der Waals surface area contributed by atoms with Crippen molar-refractivity contribution in [2.75, 3.05) is 6.61 Å². The van der Waals surface area contributed by atoms with Gasteiger partial charge < -0.3 is 4.74 Å². The Balaban J connectivity index is 1.49. The Morgan fingerprint density at radius 3 is 2.26 bits per heavy atom. The van der Waals surface area contributed by atoms with E-state index in [1.54, 1.807) is 18.2 Å². The van der Waals surface area contributed by atoms with Gasteiger partial charge in [-0.15, -0.1) is 0 Å². The smallest absolute Gasteiger partial charge is 0.378 e. The highest BCUT2D eigenvalue weighted by atomic mass is 19.4. The van der Waals surface area contributed by atoms with E-state index in [0.717, 1.165) is 55.9 Å². The molecule has 1 saturated heterocycles. The fourth-order valence-electron chi connectivity index (χ4n) is 4.90. The summed E-state index contributed by atoms with van der Waals surface area (Å²) in [4.78, 5) is 0. The maximum atomic E-state index is 15.5. The van der Waals surface area contributed by atoms with Crippen LogP contribution in [0.5, 0.6) is 0 Å². The molecule has 1 unspecified atom stereocenters. The minimum Gasteiger partial charge on any atom is -0.378 e. The average molecular weight is 530 g/mol. The number of hydrogen-bond acceptors (Lipinski definition) is 1. The monoisotopic (exact) mass is 530 g/mol. The van der Waals surface area contributed by atoms with Gasteiger partial charge in [0.1, 0.15) is 23.3 Å². The summed E-state index contributed by atoms with van der Waals surface area (Å²) in [5.74, 6) is -1.94. The van der Waals surface area contributed by atoms with Gasteiger partial charge in [0.05, 0.1) is 17.2 Å². The zero-order valence-electron chi connectivity index (χ0n) is 20.0. The summed E-state index contributed by atoms with van der Waals surface area (Å²) in [6, 6.07) is 10.7. The average Bonchev–Trinajstić information content (AvgIpc) is 2.87. The third-order valence-electron chi connectivity index (χ3n) is 6.77. The normalized spacial score (nSPS) is 16.0. The highest BCUT2D eigenvalue weighted by Crippen LogP contribution is 2.35. The predicted molar refractivity (Wildman–Crippen MR) is 132 cm³/mol. The SMILES string of the molecule is Fc1cc2cc(-c3c(F)cc4cc(CCC5CCCCO5)ccc4c3F)ccc2c(F)c1C#CC(F)(F)F. The Labute approximate surface area is 214 Å². The van der Waals surface area contributed by atoms with E-state index in [1.807, 2.05) is 0 Å². The summed E-state index contributed by atoms with van der Waals surface area (Å²) in [6.07, 6.45) is -0.0131. The summed E-state index contributed by atoms with van der Waals surface area (Å²) >= 11 is 0. The van der Waals surface area contributed by atoms with Crippen LogP contribution in [0.3, 0.4) is 0 Å². The lowest BCUT2D eigenvalue weighted by atomic mass is 9.94. The molecule has 0 N–H and O–H groups in total. The fourth-order valence-corrected chi connectivity index (χ4v) is 4.90. The van der Waals surface area contributed by atoms with Gasteiger partial charge in [-0.25, -0.2) is 17.6 Å². The predicted octanol–water partition coefficient (Wildman–Crippen LogP) is 8.63. The quantitative estimate of drug-likeness (QED) is 0.190. The topological polar surface area (TPSA) is 9.23 Å². The molecule has 1 aliphatic rings. The van der Waals surface area contributed by atoms with Gasteiger partial charge in [0.25, 0.3) is 0 Å². The van der Waals surface area contributed by atoms with Gasteiger partial charge in [-0.1, -0.05) is 36.3 Å². The third kappa shape index (κ3) is 5.34. The maximum absolute atomic E-state index is 15.5. The molecule has 0 radical (unpaired) electrons. The molecule has 0 saturated carbocycles. The van der Waals surface area contributed by atoms with E-state index >= 15 is 8.78 Å². The Bertz CT molecular complexity index is 1590. The molecule has 0 bridgehead atoms. The van der Waals surface area contributed by atoms with Crippen LogP contribution in [0.4, 0.5) is 30.7 Å². The Morgan fingerprint density at radius 1 is 0.816 bits per heavy atom. The van der Waals surface area contributed by atoms with E-state index < -0.39 is 35.0 Å². The lowest BCUT2D eigenvalue weighted by Crippen LogP contribution is -2.19. The Kier molecular flexibility index (Phi) is 7.06. The highest BCUT2D eigenvalue weighted by Gasteiger charge is 2.24. The largest absolute Gasteiger partial charge is 0.458 e. The number of aryl methyl sites for hydroxylation is 1. The minimum absolute atomic E-state index is 0.0286. The first kappa shape index (κ1) is 26.1. The third-order valence-corrected chi connectivity index (χ3v) is 6.77. The van der Waals surface area contributed by atoms with E-state index in [4.69, 9.17) is 4.74 Å². The van der Waals surface area contributed by atoms with Crippen LogP contribution in [-0.4, -0.2) is 18.9 Å². The molecule has 1 heterocycles. The first-order valence-electron chi connectivity index (χ1n) is 12.1. The number of hydrogen-bond donors (Lipinski definition) is 0. The zero-order valence-corrected chi connectivity index (χ0v) is 20.0. The van der Waals surface area contributed by atoms with Gasteiger partial charge in [-0.3, -0.25) is 0 Å². The molecule has 38 heavy (non-hydrogen) atoms. The van der Waals surface area contributed by atoms with Crippen molar-refractivity contribution in [2.45, 2.75) is 44.4 Å². The number of alkyl halides is 3. The lowest BCUT2D eigenvalue weighted by molar-refractivity contribution is -0.0696. The lowest BCUT2D eigenvalue weighted by Gasteiger charge is -2.22. The van der Waals surface area contributed by atoms with Crippen LogP contribution < -0.4 is 0 Å². The highest BCUT2D eigenvalue weighted by molar-refractivity contribution is 5.93. The minimum atomic E-state index is -4.92. The van der Waals surface area contributed by atoms with Gasteiger partial charge >= 0.3 is 6.18 Å². The molecule has 4 aromatic carbocycles. The molecule has 0 amide bonds. The second-order valence-corrected chi connectivity index (χ2v) is 9.36. The van der Waals surface area contributed by atoms with Gasteiger partial charge in [-0.2, -0.15) is 13.2 Å². The van der Waals surface area contributed by atoms with Gasteiger partial charge in [0, 0.05) is 23.3 Å². The first-order valence-corrected chi connectivity index (χ1v) is 12.1. The van der Waals surface area contributed by atoms with E-state index in [0.29, 0.717) is 11.8 Å². The maximum Gasteiger partial charge on any atom is 0.458 e. The van der Waals surface area contributed by atoms with Crippen LogP contribution >= 0.6 is 0 Å². The Hall–Kier alpha value is -3.57. The first-order chi connectivity index (χ1) is 18.1. The van der Waals surface area contributed by atoms with Crippen LogP contribution in [0.2, 0.25) is 0 Å². The number of ether oxygens (including phenoxy) is 1. The zero-order chi connectivity index (χ0) is 27.0. The number of halogens is 7. The summed E-state index contributed by atoms with van der Waals surface area (Å²) in [6.45, 7) is 0.753. The summed E-state index contributed by atoms with van der Waals surface area (Å²) in [5, 5.41) is 0.273. The van der Waals surface area contributed by atoms with Crippen molar-refractivity contribution in [3.63, 3.8) is 0 Å². The van der Waals surface area contributed by atoms with Gasteiger partial charge in [0.15, 0.2) is 0 Å². The van der Waals surface area contributed by atoms with Crippen molar-refractivity contribution in [3.05, 3.63) is 82.9 Å². The van der Waals surface area contributed by atoms with E-state index in [-0.39, 0.29) is 33.4 Å². The van der Waals surface area contributed by atoms with E-state index in [1.165, 1.54) is 24.1 Å². The molecule has 0 aliphatic carbocycles. The van der Waals surface area contributed by atoms with Crippen molar-refractivity contribution in [2.24, 2.45) is 0 Å². The van der Waals surface area contributed by atoms with Crippen molar-refractivity contribution < 1.29 is 35.5 Å². The molecule has 196 valence electrons. The Morgan fingerprint density at radius 2 is 1.53 bits per heavy atom. The number of rotatable bonds is 4. The molecular formula is C30H21F7O. The van der Waals surface area contributed by atoms with Crippen LogP contribution in [-0.2, 0) is 11.2 Å². The van der Waals surface area contributed by atoms with Crippen LogP contribution in [0.1, 0.15) is 36.8 Å². The molecular weight excluding hydrogens is 509 g/mol. The molecule has 8 heteroatoms.